The van der Waals surface area contributed by atoms with Crippen LogP contribution < -0.4 is 0 Å². The smallest absolute Gasteiger partial charge is 0.218 e. The van der Waals surface area contributed by atoms with Gasteiger partial charge in [-0.15, -0.1) is 5.10 Å². The number of hydrogen-bond donors (Lipinski definition) is 1. The van der Waals surface area contributed by atoms with E-state index in [1.807, 2.05) is 0 Å². The molecule has 0 aromatic carbocycles. The zero-order valence-electron chi connectivity index (χ0n) is 4.31. The standard InChI is InChI=1S/C4H3N2OS2/c7-1-4(8)3-2-9-6-5-3/h2,4,8H. The molecule has 0 aliphatic heterocycles. The molecule has 1 atom stereocenters. The van der Waals surface area contributed by atoms with E-state index in [0.29, 0.717) is 5.69 Å². The molecule has 1 unspecified atom stereocenters. The van der Waals surface area contributed by atoms with Gasteiger partial charge < -0.3 is 0 Å². The molecule has 1 aromatic heterocycles. The van der Waals surface area contributed by atoms with Crippen molar-refractivity contribution < 1.29 is 4.79 Å². The number of nitrogens with zero attached hydrogens (tertiary/aromatic N) is 2. The summed E-state index contributed by atoms with van der Waals surface area (Å²) in [4.78, 5) is 9.94. The molecule has 47 valence electrons. The zero-order valence-corrected chi connectivity index (χ0v) is 6.02. The lowest BCUT2D eigenvalue weighted by Crippen LogP contribution is -1.90. The molecular formula is C4H3N2OS2. The van der Waals surface area contributed by atoms with Gasteiger partial charge in [0.15, 0.2) is 0 Å². The Morgan fingerprint density at radius 1 is 1.89 bits per heavy atom. The van der Waals surface area contributed by atoms with Crippen LogP contribution >= 0.6 is 24.2 Å². The average Bonchev–Trinajstić information content (AvgIpc) is 2.37. The summed E-state index contributed by atoms with van der Waals surface area (Å²) in [5, 5.41) is 4.75. The maximum Gasteiger partial charge on any atom is 0.218 e. The van der Waals surface area contributed by atoms with E-state index in [-0.39, 0.29) is 0 Å². The van der Waals surface area contributed by atoms with Crippen LogP contribution in [0.4, 0.5) is 0 Å². The molecule has 9 heavy (non-hydrogen) atoms. The predicted octanol–water partition coefficient (Wildman–Crippen LogP) is 0.619. The SMILES string of the molecule is O=[C]C(S)c1csnn1. The molecular weight excluding hydrogens is 156 g/mol. The van der Waals surface area contributed by atoms with Gasteiger partial charge in [-0.05, 0) is 11.5 Å². The largest absolute Gasteiger partial charge is 0.289 e. The van der Waals surface area contributed by atoms with E-state index in [1.165, 1.54) is 11.5 Å². The monoisotopic (exact) mass is 159 g/mol. The molecule has 0 spiro atoms. The van der Waals surface area contributed by atoms with E-state index in [2.05, 4.69) is 22.2 Å². The van der Waals surface area contributed by atoms with E-state index in [4.69, 9.17) is 0 Å². The van der Waals surface area contributed by atoms with Gasteiger partial charge in [-0.1, -0.05) is 4.49 Å². The van der Waals surface area contributed by atoms with Crippen molar-refractivity contribution in [3.63, 3.8) is 0 Å². The molecule has 0 fully saturated rings. The lowest BCUT2D eigenvalue weighted by atomic mass is 10.4. The highest BCUT2D eigenvalue weighted by Crippen LogP contribution is 2.14. The van der Waals surface area contributed by atoms with Crippen molar-refractivity contribution in [3.8, 4) is 0 Å². The average molecular weight is 159 g/mol. The third-order valence-electron chi connectivity index (χ3n) is 0.769. The Morgan fingerprint density at radius 2 is 2.67 bits per heavy atom. The molecule has 1 rings (SSSR count). The van der Waals surface area contributed by atoms with Crippen LogP contribution in [0.3, 0.4) is 0 Å². The Labute approximate surface area is 61.7 Å². The first-order valence-electron chi connectivity index (χ1n) is 2.17. The summed E-state index contributed by atoms with van der Waals surface area (Å²) < 4.78 is 3.56. The third kappa shape index (κ3) is 1.49. The highest BCUT2D eigenvalue weighted by Gasteiger charge is 2.07. The van der Waals surface area contributed by atoms with Gasteiger partial charge in [0.25, 0.3) is 0 Å². The minimum Gasteiger partial charge on any atom is -0.289 e. The van der Waals surface area contributed by atoms with Gasteiger partial charge in [-0.2, -0.15) is 12.6 Å². The quantitative estimate of drug-likeness (QED) is 0.643. The topological polar surface area (TPSA) is 42.9 Å². The molecule has 0 bridgehead atoms. The van der Waals surface area contributed by atoms with Crippen LogP contribution in [0.1, 0.15) is 10.9 Å². The Bertz CT molecular complexity index is 186. The summed E-state index contributed by atoms with van der Waals surface area (Å²) in [6.07, 6.45) is 1.69. The fourth-order valence-corrected chi connectivity index (χ4v) is 1.06. The Kier molecular flexibility index (Phi) is 2.18. The van der Waals surface area contributed by atoms with Gasteiger partial charge in [-0.25, -0.2) is 0 Å². The second-order valence-electron chi connectivity index (χ2n) is 1.35. The molecule has 1 radical (unpaired) electrons. The second kappa shape index (κ2) is 2.93. The van der Waals surface area contributed by atoms with Crippen LogP contribution in [0, 0.1) is 0 Å². The maximum atomic E-state index is 9.94. The molecule has 0 saturated carbocycles. The molecule has 0 N–H and O–H groups in total. The zero-order chi connectivity index (χ0) is 6.69. The first kappa shape index (κ1) is 6.70. The first-order chi connectivity index (χ1) is 4.34. The Morgan fingerprint density at radius 3 is 3.11 bits per heavy atom. The van der Waals surface area contributed by atoms with Crippen LogP contribution in [0.25, 0.3) is 0 Å². The normalized spacial score (nSPS) is 13.0. The van der Waals surface area contributed by atoms with E-state index in [9.17, 15) is 4.79 Å². The fourth-order valence-electron chi connectivity index (χ4n) is 0.351. The first-order valence-corrected chi connectivity index (χ1v) is 3.52. The summed E-state index contributed by atoms with van der Waals surface area (Å²) >= 11 is 5.06. The van der Waals surface area contributed by atoms with Crippen molar-refractivity contribution in [1.82, 2.24) is 9.59 Å². The molecule has 1 aromatic rings. The van der Waals surface area contributed by atoms with Gasteiger partial charge >= 0.3 is 0 Å². The Balaban J connectivity index is 2.76. The van der Waals surface area contributed by atoms with E-state index in [1.54, 1.807) is 11.7 Å². The highest BCUT2D eigenvalue weighted by molar-refractivity contribution is 7.81. The lowest BCUT2D eigenvalue weighted by molar-refractivity contribution is 0.553. The molecule has 0 saturated heterocycles. The number of rotatable bonds is 2. The van der Waals surface area contributed by atoms with Crippen molar-refractivity contribution in [2.45, 2.75) is 5.25 Å². The van der Waals surface area contributed by atoms with Crippen LogP contribution in [-0.2, 0) is 4.79 Å². The second-order valence-corrected chi connectivity index (χ2v) is 2.48. The molecule has 1 heterocycles. The van der Waals surface area contributed by atoms with E-state index < -0.39 is 5.25 Å². The molecule has 5 heteroatoms. The highest BCUT2D eigenvalue weighted by atomic mass is 32.1. The number of aromatic nitrogens is 2. The van der Waals surface area contributed by atoms with Gasteiger partial charge in [0.05, 0.1) is 5.69 Å². The fraction of sp³-hybridized carbons (Fsp3) is 0.250. The van der Waals surface area contributed by atoms with Crippen LogP contribution in [0.15, 0.2) is 5.38 Å². The van der Waals surface area contributed by atoms with Gasteiger partial charge in [0.2, 0.25) is 6.29 Å². The number of carbonyl (C=O) groups excluding carboxylic acids is 1. The summed E-state index contributed by atoms with van der Waals surface area (Å²) in [6, 6.07) is 0. The van der Waals surface area contributed by atoms with Crippen molar-refractivity contribution >= 4 is 30.4 Å². The third-order valence-corrected chi connectivity index (χ3v) is 1.66. The number of thiol groups is 1. The summed E-state index contributed by atoms with van der Waals surface area (Å²) in [5.41, 5.74) is 0.568. The minimum absolute atomic E-state index is 0.538. The van der Waals surface area contributed by atoms with Crippen LogP contribution in [0.2, 0.25) is 0 Å². The maximum absolute atomic E-state index is 9.94. The lowest BCUT2D eigenvalue weighted by Gasteiger charge is -1.89. The minimum atomic E-state index is -0.538. The van der Waals surface area contributed by atoms with Crippen LogP contribution in [0.5, 0.6) is 0 Å². The van der Waals surface area contributed by atoms with Gasteiger partial charge in [-0.3, -0.25) is 4.79 Å². The van der Waals surface area contributed by atoms with Crippen molar-refractivity contribution in [2.24, 2.45) is 0 Å². The van der Waals surface area contributed by atoms with E-state index in [0.717, 1.165) is 0 Å². The van der Waals surface area contributed by atoms with Crippen molar-refractivity contribution in [3.05, 3.63) is 11.1 Å². The molecule has 0 amide bonds. The molecule has 0 aliphatic rings. The Hall–Kier alpha value is -0.420. The number of hydrogen-bond acceptors (Lipinski definition) is 5. The summed E-state index contributed by atoms with van der Waals surface area (Å²) in [7, 11) is 0. The predicted molar refractivity (Wildman–Crippen MR) is 37.3 cm³/mol. The molecule has 3 nitrogen and oxygen atoms in total. The van der Waals surface area contributed by atoms with Gasteiger partial charge in [0, 0.05) is 5.38 Å². The van der Waals surface area contributed by atoms with Crippen LogP contribution in [-0.4, -0.2) is 15.9 Å². The van der Waals surface area contributed by atoms with Crippen molar-refractivity contribution in [1.29, 1.82) is 0 Å². The van der Waals surface area contributed by atoms with E-state index >= 15 is 0 Å². The summed E-state index contributed by atoms with van der Waals surface area (Å²) in [5.74, 6) is 0. The van der Waals surface area contributed by atoms with Gasteiger partial charge in [0.1, 0.15) is 5.25 Å². The van der Waals surface area contributed by atoms with Crippen molar-refractivity contribution in [2.75, 3.05) is 0 Å². The molecule has 0 aliphatic carbocycles. The summed E-state index contributed by atoms with van der Waals surface area (Å²) in [6.45, 7) is 0.